The van der Waals surface area contributed by atoms with Gasteiger partial charge in [0.1, 0.15) is 5.25 Å². The molecule has 2 aliphatic carbocycles. The maximum absolute atomic E-state index is 11.7. The molecule has 18 heavy (non-hydrogen) atoms. The standard InChI is InChI=1S/C11H12O6S/c1-17-8-5-7(12)11(13)6-3-2-4-9(10(6)8)18(14,15)16/h2-4,8-10H,5H2,1H3,(H,14,15,16). The van der Waals surface area contributed by atoms with Gasteiger partial charge in [-0.05, 0) is 0 Å². The van der Waals surface area contributed by atoms with Crippen molar-refractivity contribution < 1.29 is 27.3 Å². The number of allylic oxidation sites excluding steroid dienone is 2. The van der Waals surface area contributed by atoms with Crippen molar-refractivity contribution in [2.75, 3.05) is 7.11 Å². The average Bonchev–Trinajstić information content (AvgIpc) is 2.32. The third kappa shape index (κ3) is 2.05. The molecular weight excluding hydrogens is 260 g/mol. The highest BCUT2D eigenvalue weighted by Crippen LogP contribution is 2.35. The van der Waals surface area contributed by atoms with Crippen LogP contribution in [0.4, 0.5) is 0 Å². The Labute approximate surface area is 104 Å². The number of fused-ring (bicyclic) bond motifs is 1. The van der Waals surface area contributed by atoms with Crippen LogP contribution >= 0.6 is 0 Å². The number of hydrogen-bond acceptors (Lipinski definition) is 5. The van der Waals surface area contributed by atoms with Crippen LogP contribution in [-0.4, -0.2) is 43.0 Å². The zero-order chi connectivity index (χ0) is 13.5. The summed E-state index contributed by atoms with van der Waals surface area (Å²) in [4.78, 5) is 23.2. The monoisotopic (exact) mass is 272 g/mol. The summed E-state index contributed by atoms with van der Waals surface area (Å²) < 4.78 is 36.9. The molecule has 0 aliphatic heterocycles. The minimum Gasteiger partial charge on any atom is -0.380 e. The molecule has 1 saturated carbocycles. The Bertz CT molecular complexity index is 556. The van der Waals surface area contributed by atoms with E-state index in [0.717, 1.165) is 0 Å². The predicted octanol–water partition coefficient (Wildman–Crippen LogP) is -0.0879. The lowest BCUT2D eigenvalue weighted by atomic mass is 9.76. The molecule has 0 radical (unpaired) electrons. The summed E-state index contributed by atoms with van der Waals surface area (Å²) >= 11 is 0. The van der Waals surface area contributed by atoms with Crippen LogP contribution in [0.25, 0.3) is 0 Å². The first-order chi connectivity index (χ1) is 8.36. The molecule has 0 saturated heterocycles. The molecule has 3 atom stereocenters. The molecule has 0 bridgehead atoms. The predicted molar refractivity (Wildman–Crippen MR) is 61.5 cm³/mol. The summed E-state index contributed by atoms with van der Waals surface area (Å²) in [5.74, 6) is -2.14. The number of Topliss-reactive ketones (excluding diaryl/α,β-unsaturated/α-hetero) is 2. The second-order valence-corrected chi connectivity index (χ2v) is 5.82. The highest BCUT2D eigenvalue weighted by atomic mass is 32.2. The van der Waals surface area contributed by atoms with Gasteiger partial charge in [0, 0.05) is 25.0 Å². The van der Waals surface area contributed by atoms with Crippen molar-refractivity contribution in [1.82, 2.24) is 0 Å². The van der Waals surface area contributed by atoms with Crippen molar-refractivity contribution in [2.24, 2.45) is 5.92 Å². The first-order valence-corrected chi connectivity index (χ1v) is 6.81. The fourth-order valence-electron chi connectivity index (χ4n) is 2.39. The zero-order valence-electron chi connectivity index (χ0n) is 9.57. The average molecular weight is 272 g/mol. The number of ketones is 2. The van der Waals surface area contributed by atoms with Gasteiger partial charge >= 0.3 is 0 Å². The molecule has 0 aromatic rings. The minimum atomic E-state index is -4.35. The Hall–Kier alpha value is -1.31. The Kier molecular flexibility index (Phi) is 3.22. The number of rotatable bonds is 2. The lowest BCUT2D eigenvalue weighted by Crippen LogP contribution is -2.47. The number of carbonyl (C=O) groups is 2. The van der Waals surface area contributed by atoms with Crippen molar-refractivity contribution >= 4 is 21.7 Å². The second kappa shape index (κ2) is 4.42. The van der Waals surface area contributed by atoms with Crippen LogP contribution in [0.15, 0.2) is 23.8 Å². The molecule has 6 nitrogen and oxygen atoms in total. The van der Waals surface area contributed by atoms with Crippen LogP contribution < -0.4 is 0 Å². The Morgan fingerprint density at radius 3 is 2.61 bits per heavy atom. The molecule has 0 aromatic heterocycles. The van der Waals surface area contributed by atoms with Crippen molar-refractivity contribution in [3.05, 3.63) is 23.8 Å². The van der Waals surface area contributed by atoms with Gasteiger partial charge in [0.25, 0.3) is 10.1 Å². The van der Waals surface area contributed by atoms with Gasteiger partial charge < -0.3 is 4.74 Å². The van der Waals surface area contributed by atoms with Crippen molar-refractivity contribution in [2.45, 2.75) is 17.8 Å². The molecule has 0 amide bonds. The van der Waals surface area contributed by atoms with E-state index in [1.807, 2.05) is 0 Å². The van der Waals surface area contributed by atoms with E-state index in [1.165, 1.54) is 25.3 Å². The lowest BCUT2D eigenvalue weighted by Gasteiger charge is -2.35. The van der Waals surface area contributed by atoms with Gasteiger partial charge in [0.15, 0.2) is 0 Å². The van der Waals surface area contributed by atoms with Crippen LogP contribution in [0.5, 0.6) is 0 Å². The first kappa shape index (κ1) is 13.1. The Balaban J connectivity index is 2.50. The molecule has 1 N–H and O–H groups in total. The highest BCUT2D eigenvalue weighted by molar-refractivity contribution is 7.86. The normalized spacial score (nSPS) is 32.1. The van der Waals surface area contributed by atoms with E-state index in [-0.39, 0.29) is 12.0 Å². The van der Waals surface area contributed by atoms with Crippen molar-refractivity contribution in [1.29, 1.82) is 0 Å². The molecule has 98 valence electrons. The number of hydrogen-bond donors (Lipinski definition) is 1. The maximum Gasteiger partial charge on any atom is 0.272 e. The van der Waals surface area contributed by atoms with E-state index in [1.54, 1.807) is 0 Å². The van der Waals surface area contributed by atoms with E-state index in [2.05, 4.69) is 0 Å². The summed E-state index contributed by atoms with van der Waals surface area (Å²) in [6.45, 7) is 0. The fourth-order valence-corrected chi connectivity index (χ4v) is 3.38. The van der Waals surface area contributed by atoms with Crippen LogP contribution in [-0.2, 0) is 24.4 Å². The Morgan fingerprint density at radius 1 is 1.39 bits per heavy atom. The number of ether oxygens (including phenoxy) is 1. The molecule has 0 spiro atoms. The van der Waals surface area contributed by atoms with Crippen molar-refractivity contribution in [3.63, 3.8) is 0 Å². The third-order valence-electron chi connectivity index (χ3n) is 3.24. The summed E-state index contributed by atoms with van der Waals surface area (Å²) in [6.07, 6.45) is 3.15. The van der Waals surface area contributed by atoms with E-state index >= 15 is 0 Å². The van der Waals surface area contributed by atoms with Crippen LogP contribution in [0, 0.1) is 5.92 Å². The molecular formula is C11H12O6S. The van der Waals surface area contributed by atoms with Gasteiger partial charge in [-0.2, -0.15) is 8.42 Å². The van der Waals surface area contributed by atoms with Gasteiger partial charge in [-0.3, -0.25) is 14.1 Å². The first-order valence-electron chi connectivity index (χ1n) is 5.31. The SMILES string of the molecule is COC1CC(=O)C(=O)C2=CC=CC(S(=O)(=O)O)C21. The van der Waals surface area contributed by atoms with Gasteiger partial charge in [-0.1, -0.05) is 18.2 Å². The van der Waals surface area contributed by atoms with E-state index < -0.39 is 39.0 Å². The lowest BCUT2D eigenvalue weighted by molar-refractivity contribution is -0.139. The summed E-state index contributed by atoms with van der Waals surface area (Å²) in [5, 5.41) is -1.25. The smallest absolute Gasteiger partial charge is 0.272 e. The number of carbonyl (C=O) groups excluding carboxylic acids is 2. The summed E-state index contributed by atoms with van der Waals surface area (Å²) in [7, 11) is -3.01. The van der Waals surface area contributed by atoms with Crippen molar-refractivity contribution in [3.8, 4) is 0 Å². The van der Waals surface area contributed by atoms with Gasteiger partial charge in [0.2, 0.25) is 11.6 Å². The highest BCUT2D eigenvalue weighted by Gasteiger charge is 2.47. The largest absolute Gasteiger partial charge is 0.380 e. The van der Waals surface area contributed by atoms with E-state index in [4.69, 9.17) is 4.74 Å². The molecule has 3 unspecified atom stereocenters. The molecule has 1 fully saturated rings. The maximum atomic E-state index is 11.7. The van der Waals surface area contributed by atoms with Crippen LogP contribution in [0.3, 0.4) is 0 Å². The minimum absolute atomic E-state index is 0.0863. The summed E-state index contributed by atoms with van der Waals surface area (Å²) in [5.41, 5.74) is 0.0863. The van der Waals surface area contributed by atoms with E-state index in [0.29, 0.717) is 0 Å². The third-order valence-corrected chi connectivity index (χ3v) is 4.38. The summed E-state index contributed by atoms with van der Waals surface area (Å²) in [6, 6.07) is 0. The van der Waals surface area contributed by atoms with E-state index in [9.17, 15) is 22.6 Å². The van der Waals surface area contributed by atoms with Crippen LogP contribution in [0.1, 0.15) is 6.42 Å². The second-order valence-electron chi connectivity index (χ2n) is 4.24. The van der Waals surface area contributed by atoms with Gasteiger partial charge in [0.05, 0.1) is 6.10 Å². The Morgan fingerprint density at radius 2 is 2.06 bits per heavy atom. The number of methoxy groups -OCH3 is 1. The fraction of sp³-hybridized carbons (Fsp3) is 0.455. The zero-order valence-corrected chi connectivity index (χ0v) is 10.4. The molecule has 0 heterocycles. The molecule has 2 aliphatic rings. The topological polar surface area (TPSA) is 97.7 Å². The molecule has 2 rings (SSSR count). The quantitative estimate of drug-likeness (QED) is 0.557. The van der Waals surface area contributed by atoms with Gasteiger partial charge in [-0.25, -0.2) is 0 Å². The van der Waals surface area contributed by atoms with Gasteiger partial charge in [-0.15, -0.1) is 0 Å². The molecule has 7 heteroatoms. The molecule has 0 aromatic carbocycles. The van der Waals surface area contributed by atoms with Crippen LogP contribution in [0.2, 0.25) is 0 Å².